The molecule has 0 aliphatic heterocycles. The molecule has 0 amide bonds. The van der Waals surface area contributed by atoms with Crippen molar-refractivity contribution in [2.75, 3.05) is 0 Å². The summed E-state index contributed by atoms with van der Waals surface area (Å²) in [5, 5.41) is 8.94. The van der Waals surface area contributed by atoms with Gasteiger partial charge in [-0.1, -0.05) is 19.9 Å². The van der Waals surface area contributed by atoms with Crippen LogP contribution in [-0.2, 0) is 6.61 Å². The molecule has 1 aromatic heterocycles. The van der Waals surface area contributed by atoms with Gasteiger partial charge in [0, 0.05) is 12.3 Å². The topological polar surface area (TPSA) is 58.8 Å². The Labute approximate surface area is 124 Å². The van der Waals surface area contributed by atoms with Gasteiger partial charge >= 0.3 is 0 Å². The van der Waals surface area contributed by atoms with E-state index in [-0.39, 0.29) is 5.28 Å². The number of nitriles is 1. The van der Waals surface area contributed by atoms with Gasteiger partial charge in [-0.3, -0.25) is 0 Å². The van der Waals surface area contributed by atoms with Crippen molar-refractivity contribution in [3.63, 3.8) is 0 Å². The molecule has 1 heterocycles. The third-order valence-corrected chi connectivity index (χ3v) is 2.63. The van der Waals surface area contributed by atoms with Gasteiger partial charge < -0.3 is 4.74 Å². The molecule has 104 valence electrons. The smallest absolute Gasteiger partial charge is 0.225 e. The fraction of sp³-hybridized carbons (Fsp3) is 0.267. The van der Waals surface area contributed by atoms with E-state index < -0.39 is 0 Å². The van der Waals surface area contributed by atoms with E-state index in [2.05, 4.69) is 16.0 Å². The van der Waals surface area contributed by atoms with Crippen LogP contribution >= 0.6 is 11.6 Å². The number of ether oxygens (including phenoxy) is 1. The highest BCUT2D eigenvalue weighted by Gasteiger charge is 2.03. The molecule has 0 saturated carbocycles. The minimum absolute atomic E-state index is 0.157. The van der Waals surface area contributed by atoms with Crippen LogP contribution in [0.3, 0.4) is 0 Å². The van der Waals surface area contributed by atoms with Gasteiger partial charge in [0.2, 0.25) is 11.2 Å². The van der Waals surface area contributed by atoms with E-state index in [1.807, 2.05) is 32.9 Å². The molecule has 0 bridgehead atoms. The summed E-state index contributed by atoms with van der Waals surface area (Å²) < 4.78 is 5.51. The first-order valence-electron chi connectivity index (χ1n) is 6.30. The quantitative estimate of drug-likeness (QED) is 0.804. The molecule has 0 N–H and O–H groups in total. The van der Waals surface area contributed by atoms with E-state index in [4.69, 9.17) is 21.6 Å². The van der Waals surface area contributed by atoms with Gasteiger partial charge in [-0.2, -0.15) is 10.2 Å². The molecule has 5 heteroatoms. The molecule has 2 rings (SSSR count). The van der Waals surface area contributed by atoms with E-state index in [0.717, 1.165) is 11.1 Å². The van der Waals surface area contributed by atoms with Crippen LogP contribution in [0.5, 0.6) is 5.88 Å². The monoisotopic (exact) mass is 289 g/mol. The molecule has 1 aromatic carbocycles. The number of aryl methyl sites for hydroxylation is 1. The van der Waals surface area contributed by atoms with Crippen LogP contribution in [-0.4, -0.2) is 9.97 Å². The zero-order chi connectivity index (χ0) is 15.0. The molecule has 0 saturated heterocycles. The zero-order valence-electron chi connectivity index (χ0n) is 11.7. The van der Waals surface area contributed by atoms with Gasteiger partial charge in [-0.25, -0.2) is 4.98 Å². The van der Waals surface area contributed by atoms with Crippen LogP contribution in [0.25, 0.3) is 0 Å². The first kappa shape index (κ1) is 15.9. The number of hydrogen-bond acceptors (Lipinski definition) is 4. The van der Waals surface area contributed by atoms with E-state index in [1.54, 1.807) is 12.1 Å². The Kier molecular flexibility index (Phi) is 6.48. The molecule has 4 nitrogen and oxygen atoms in total. The van der Waals surface area contributed by atoms with Gasteiger partial charge in [0.1, 0.15) is 6.61 Å². The Morgan fingerprint density at radius 2 is 2.05 bits per heavy atom. The molecule has 0 unspecified atom stereocenters. The molecule has 0 spiro atoms. The molecule has 2 aromatic rings. The van der Waals surface area contributed by atoms with Gasteiger partial charge in [0.15, 0.2) is 0 Å². The minimum atomic E-state index is 0.157. The lowest BCUT2D eigenvalue weighted by Crippen LogP contribution is -2.00. The van der Waals surface area contributed by atoms with Gasteiger partial charge in [0.25, 0.3) is 0 Å². The second-order valence-corrected chi connectivity index (χ2v) is 4.04. The van der Waals surface area contributed by atoms with Crippen LogP contribution in [0, 0.1) is 18.3 Å². The number of halogens is 1. The number of hydrogen-bond donors (Lipinski definition) is 0. The molecule has 0 atom stereocenters. The van der Waals surface area contributed by atoms with Crippen molar-refractivity contribution in [3.05, 3.63) is 52.4 Å². The Bertz CT molecular complexity index is 608. The lowest BCUT2D eigenvalue weighted by Gasteiger charge is -2.08. The standard InChI is InChI=1S/C13H10ClN3O.C2H6/c1-9-6-10(7-15)2-3-11(9)8-18-12-4-5-16-13(14)17-12;1-2/h2-6H,8H2,1H3;1-2H3. The van der Waals surface area contributed by atoms with Crippen LogP contribution in [0.4, 0.5) is 0 Å². The maximum Gasteiger partial charge on any atom is 0.225 e. The maximum atomic E-state index is 8.78. The third-order valence-electron chi connectivity index (χ3n) is 2.45. The number of benzene rings is 1. The predicted octanol–water partition coefficient (Wildman–Crippen LogP) is 3.92. The number of aromatic nitrogens is 2. The van der Waals surface area contributed by atoms with Crippen molar-refractivity contribution in [3.8, 4) is 11.9 Å². The number of rotatable bonds is 3. The fourth-order valence-electron chi connectivity index (χ4n) is 1.48. The highest BCUT2D eigenvalue weighted by atomic mass is 35.5. The summed E-state index contributed by atoms with van der Waals surface area (Å²) in [6, 6.07) is 9.20. The van der Waals surface area contributed by atoms with Gasteiger partial charge in [-0.05, 0) is 41.8 Å². The highest BCUT2D eigenvalue weighted by molar-refractivity contribution is 6.28. The third kappa shape index (κ3) is 4.52. The summed E-state index contributed by atoms with van der Waals surface area (Å²) in [6.45, 7) is 6.32. The van der Waals surface area contributed by atoms with Crippen LogP contribution < -0.4 is 4.74 Å². The summed E-state index contributed by atoms with van der Waals surface area (Å²) in [6.07, 6.45) is 1.54. The van der Waals surface area contributed by atoms with Crippen molar-refractivity contribution in [2.45, 2.75) is 27.4 Å². The Balaban J connectivity index is 0.000000956. The van der Waals surface area contributed by atoms with Gasteiger partial charge in [0.05, 0.1) is 11.6 Å². The van der Waals surface area contributed by atoms with Crippen molar-refractivity contribution in [1.29, 1.82) is 5.26 Å². The van der Waals surface area contributed by atoms with Crippen LogP contribution in [0.15, 0.2) is 30.5 Å². The summed E-state index contributed by atoms with van der Waals surface area (Å²) in [5.74, 6) is 0.429. The summed E-state index contributed by atoms with van der Waals surface area (Å²) >= 11 is 5.66. The van der Waals surface area contributed by atoms with E-state index >= 15 is 0 Å². The molecule has 0 fully saturated rings. The van der Waals surface area contributed by atoms with Crippen molar-refractivity contribution in [2.24, 2.45) is 0 Å². The lowest BCUT2D eigenvalue weighted by atomic mass is 10.1. The fourth-order valence-corrected chi connectivity index (χ4v) is 1.62. The van der Waals surface area contributed by atoms with E-state index in [0.29, 0.717) is 18.1 Å². The molecule has 0 radical (unpaired) electrons. The highest BCUT2D eigenvalue weighted by Crippen LogP contribution is 2.14. The molecule has 0 aliphatic carbocycles. The first-order valence-corrected chi connectivity index (χ1v) is 6.68. The molecular formula is C15H16ClN3O. The second kappa shape index (κ2) is 8.13. The minimum Gasteiger partial charge on any atom is -0.473 e. The van der Waals surface area contributed by atoms with Gasteiger partial charge in [-0.15, -0.1) is 0 Å². The Hall–Kier alpha value is -2.12. The predicted molar refractivity (Wildman–Crippen MR) is 78.6 cm³/mol. The largest absolute Gasteiger partial charge is 0.473 e. The SMILES string of the molecule is CC.Cc1cc(C#N)ccc1COc1ccnc(Cl)n1. The Morgan fingerprint density at radius 3 is 2.65 bits per heavy atom. The summed E-state index contributed by atoms with van der Waals surface area (Å²) in [5.41, 5.74) is 2.65. The second-order valence-electron chi connectivity index (χ2n) is 3.71. The van der Waals surface area contributed by atoms with Crippen molar-refractivity contribution in [1.82, 2.24) is 9.97 Å². The maximum absolute atomic E-state index is 8.78. The Morgan fingerprint density at radius 1 is 1.30 bits per heavy atom. The normalized spacial score (nSPS) is 9.15. The summed E-state index contributed by atoms with van der Waals surface area (Å²) in [7, 11) is 0. The van der Waals surface area contributed by atoms with Crippen molar-refractivity contribution >= 4 is 11.6 Å². The van der Waals surface area contributed by atoms with E-state index in [9.17, 15) is 0 Å². The first-order chi connectivity index (χ1) is 9.69. The van der Waals surface area contributed by atoms with Crippen LogP contribution in [0.1, 0.15) is 30.5 Å². The van der Waals surface area contributed by atoms with Crippen molar-refractivity contribution < 1.29 is 4.74 Å². The van der Waals surface area contributed by atoms with E-state index in [1.165, 1.54) is 6.20 Å². The average molecular weight is 290 g/mol. The molecule has 0 aliphatic rings. The number of nitrogens with zero attached hydrogens (tertiary/aromatic N) is 3. The average Bonchev–Trinajstić information content (AvgIpc) is 2.48. The lowest BCUT2D eigenvalue weighted by molar-refractivity contribution is 0.292. The van der Waals surface area contributed by atoms with Crippen LogP contribution in [0.2, 0.25) is 5.28 Å². The molecular weight excluding hydrogens is 274 g/mol. The summed E-state index contributed by atoms with van der Waals surface area (Å²) in [4.78, 5) is 7.70. The molecule has 20 heavy (non-hydrogen) atoms. The zero-order valence-corrected chi connectivity index (χ0v) is 12.5.